The molecule has 2 aromatic heterocycles. The van der Waals surface area contributed by atoms with Crippen molar-refractivity contribution in [3.05, 3.63) is 47.9 Å². The van der Waals surface area contributed by atoms with Crippen molar-refractivity contribution in [2.24, 2.45) is 0 Å². The number of nitrogens with one attached hydrogen (secondary N) is 2. The predicted molar refractivity (Wildman–Crippen MR) is 76.1 cm³/mol. The first kappa shape index (κ1) is 12.9. The number of halogens is 1. The Morgan fingerprint density at radius 1 is 1.20 bits per heavy atom. The summed E-state index contributed by atoms with van der Waals surface area (Å²) in [5.74, 6) is 0. The molecule has 8 heteroatoms. The second-order valence-electron chi connectivity index (χ2n) is 4.03. The minimum Gasteiger partial charge on any atom is -0.279 e. The number of fused-ring (bicyclic) bond motifs is 1. The Morgan fingerprint density at radius 3 is 2.85 bits per heavy atom. The number of H-pyrrole nitrogens is 1. The Labute approximate surface area is 119 Å². The number of nitrogens with zero attached hydrogens (tertiary/aromatic N) is 2. The molecule has 0 aliphatic heterocycles. The molecular formula is C12H9ClN4O2S. The number of hydrogen-bond donors (Lipinski definition) is 2. The van der Waals surface area contributed by atoms with E-state index in [0.717, 1.165) is 5.52 Å². The summed E-state index contributed by atoms with van der Waals surface area (Å²) < 4.78 is 27.1. The molecule has 2 heterocycles. The van der Waals surface area contributed by atoms with Crippen molar-refractivity contribution in [3.8, 4) is 0 Å². The van der Waals surface area contributed by atoms with Gasteiger partial charge in [0, 0.05) is 11.6 Å². The Bertz CT molecular complexity index is 876. The third-order valence-electron chi connectivity index (χ3n) is 2.74. The van der Waals surface area contributed by atoms with E-state index in [1.807, 2.05) is 0 Å². The van der Waals surface area contributed by atoms with E-state index in [2.05, 4.69) is 19.9 Å². The number of sulfonamides is 1. The van der Waals surface area contributed by atoms with E-state index < -0.39 is 10.0 Å². The Kier molecular flexibility index (Phi) is 3.07. The van der Waals surface area contributed by atoms with Gasteiger partial charge in [-0.2, -0.15) is 5.10 Å². The van der Waals surface area contributed by atoms with Crippen LogP contribution in [0.2, 0.25) is 5.15 Å². The zero-order valence-electron chi connectivity index (χ0n) is 10.0. The first-order valence-corrected chi connectivity index (χ1v) is 7.49. The average molecular weight is 309 g/mol. The van der Waals surface area contributed by atoms with Crippen LogP contribution < -0.4 is 4.72 Å². The topological polar surface area (TPSA) is 87.7 Å². The number of pyridine rings is 1. The Morgan fingerprint density at radius 2 is 2.05 bits per heavy atom. The molecule has 3 rings (SSSR count). The number of aromatic nitrogens is 3. The summed E-state index contributed by atoms with van der Waals surface area (Å²) in [5.41, 5.74) is 1.17. The maximum atomic E-state index is 12.3. The van der Waals surface area contributed by atoms with Crippen molar-refractivity contribution in [1.29, 1.82) is 0 Å². The van der Waals surface area contributed by atoms with E-state index in [0.29, 0.717) is 11.1 Å². The smallest absolute Gasteiger partial charge is 0.264 e. The number of aromatic amines is 1. The van der Waals surface area contributed by atoms with Crippen molar-refractivity contribution in [1.82, 2.24) is 15.2 Å². The van der Waals surface area contributed by atoms with Gasteiger partial charge in [0.15, 0.2) is 0 Å². The van der Waals surface area contributed by atoms with Crippen LogP contribution >= 0.6 is 11.6 Å². The van der Waals surface area contributed by atoms with Crippen molar-refractivity contribution in [2.45, 2.75) is 4.90 Å². The largest absolute Gasteiger partial charge is 0.279 e. The first-order valence-electron chi connectivity index (χ1n) is 5.63. The molecule has 0 bridgehead atoms. The van der Waals surface area contributed by atoms with Crippen LogP contribution in [-0.2, 0) is 10.0 Å². The van der Waals surface area contributed by atoms with Gasteiger partial charge < -0.3 is 0 Å². The lowest BCUT2D eigenvalue weighted by Crippen LogP contribution is -2.14. The molecule has 6 nitrogen and oxygen atoms in total. The molecule has 0 spiro atoms. The van der Waals surface area contributed by atoms with Crippen molar-refractivity contribution in [3.63, 3.8) is 0 Å². The van der Waals surface area contributed by atoms with Crippen molar-refractivity contribution in [2.75, 3.05) is 4.72 Å². The standard InChI is InChI=1S/C12H9ClN4O2S/c13-12-11(5-2-6-14-12)20(18,19)17-10-4-1-3-9-8(10)7-15-16-9/h1-7,17H,(H,15,16). The summed E-state index contributed by atoms with van der Waals surface area (Å²) >= 11 is 5.82. The van der Waals surface area contributed by atoms with Crippen LogP contribution in [-0.4, -0.2) is 23.6 Å². The molecule has 2 N–H and O–H groups in total. The molecule has 0 aliphatic rings. The minimum atomic E-state index is -3.80. The fraction of sp³-hybridized carbons (Fsp3) is 0. The van der Waals surface area contributed by atoms with Gasteiger partial charge in [-0.05, 0) is 24.3 Å². The molecular weight excluding hydrogens is 300 g/mol. The average Bonchev–Trinajstić information content (AvgIpc) is 2.88. The first-order chi connectivity index (χ1) is 9.58. The summed E-state index contributed by atoms with van der Waals surface area (Å²) in [6.45, 7) is 0. The van der Waals surface area contributed by atoms with Crippen molar-refractivity contribution < 1.29 is 8.42 Å². The van der Waals surface area contributed by atoms with E-state index >= 15 is 0 Å². The maximum Gasteiger partial charge on any atom is 0.264 e. The van der Waals surface area contributed by atoms with Gasteiger partial charge in [-0.1, -0.05) is 17.7 Å². The molecule has 20 heavy (non-hydrogen) atoms. The third-order valence-corrected chi connectivity index (χ3v) is 4.55. The second kappa shape index (κ2) is 4.77. The molecule has 1 aromatic carbocycles. The van der Waals surface area contributed by atoms with E-state index in [-0.39, 0.29) is 10.0 Å². The number of anilines is 1. The molecule has 0 unspecified atom stereocenters. The van der Waals surface area contributed by atoms with E-state index in [1.165, 1.54) is 18.3 Å². The summed E-state index contributed by atoms with van der Waals surface area (Å²) in [6.07, 6.45) is 2.98. The van der Waals surface area contributed by atoms with E-state index in [4.69, 9.17) is 11.6 Å². The van der Waals surface area contributed by atoms with Gasteiger partial charge in [-0.25, -0.2) is 13.4 Å². The van der Waals surface area contributed by atoms with Crippen LogP contribution in [0, 0.1) is 0 Å². The normalized spacial score (nSPS) is 11.7. The summed E-state index contributed by atoms with van der Waals surface area (Å²) in [4.78, 5) is 3.70. The van der Waals surface area contributed by atoms with Crippen LogP contribution in [0.4, 0.5) is 5.69 Å². The molecule has 0 radical (unpaired) electrons. The molecule has 0 amide bonds. The molecule has 3 aromatic rings. The zero-order chi connectivity index (χ0) is 14.2. The fourth-order valence-electron chi connectivity index (χ4n) is 1.83. The van der Waals surface area contributed by atoms with E-state index in [1.54, 1.807) is 24.4 Å². The molecule has 0 aliphatic carbocycles. The predicted octanol–water partition coefficient (Wildman–Crippen LogP) is 2.41. The molecule has 0 saturated heterocycles. The SMILES string of the molecule is O=S(=O)(Nc1cccc2[nH]ncc12)c1cccnc1Cl. The lowest BCUT2D eigenvalue weighted by molar-refractivity contribution is 0.601. The van der Waals surface area contributed by atoms with Gasteiger partial charge in [0.05, 0.1) is 17.4 Å². The highest BCUT2D eigenvalue weighted by Crippen LogP contribution is 2.26. The summed E-state index contributed by atoms with van der Waals surface area (Å²) in [5, 5.41) is 7.26. The highest BCUT2D eigenvalue weighted by Gasteiger charge is 2.19. The van der Waals surface area contributed by atoms with Crippen LogP contribution in [0.3, 0.4) is 0 Å². The monoisotopic (exact) mass is 308 g/mol. The summed E-state index contributed by atoms with van der Waals surface area (Å²) in [6, 6.07) is 8.09. The van der Waals surface area contributed by atoms with Gasteiger partial charge in [-0.15, -0.1) is 0 Å². The quantitative estimate of drug-likeness (QED) is 0.727. The van der Waals surface area contributed by atoms with E-state index in [9.17, 15) is 8.42 Å². The second-order valence-corrected chi connectivity index (χ2v) is 6.04. The molecule has 102 valence electrons. The third kappa shape index (κ3) is 2.21. The van der Waals surface area contributed by atoms with Gasteiger partial charge in [0.25, 0.3) is 10.0 Å². The van der Waals surface area contributed by atoms with Crippen LogP contribution in [0.1, 0.15) is 0 Å². The number of hydrogen-bond acceptors (Lipinski definition) is 4. The Hall–Kier alpha value is -2.12. The molecule has 0 fully saturated rings. The Balaban J connectivity index is 2.06. The van der Waals surface area contributed by atoms with Crippen LogP contribution in [0.25, 0.3) is 10.9 Å². The fourth-order valence-corrected chi connectivity index (χ4v) is 3.36. The maximum absolute atomic E-state index is 12.3. The van der Waals surface area contributed by atoms with Crippen molar-refractivity contribution >= 4 is 38.2 Å². The zero-order valence-corrected chi connectivity index (χ0v) is 11.6. The lowest BCUT2D eigenvalue weighted by Gasteiger charge is -2.09. The molecule has 0 saturated carbocycles. The summed E-state index contributed by atoms with van der Waals surface area (Å²) in [7, 11) is -3.80. The number of rotatable bonds is 3. The van der Waals surface area contributed by atoms with Crippen LogP contribution in [0.5, 0.6) is 0 Å². The highest BCUT2D eigenvalue weighted by atomic mass is 35.5. The van der Waals surface area contributed by atoms with Gasteiger partial charge in [0.1, 0.15) is 10.0 Å². The van der Waals surface area contributed by atoms with Gasteiger partial charge >= 0.3 is 0 Å². The minimum absolute atomic E-state index is 0.0674. The van der Waals surface area contributed by atoms with Crippen LogP contribution in [0.15, 0.2) is 47.6 Å². The van der Waals surface area contributed by atoms with Gasteiger partial charge in [-0.3, -0.25) is 9.82 Å². The highest BCUT2D eigenvalue weighted by molar-refractivity contribution is 7.92. The molecule has 0 atom stereocenters. The number of benzene rings is 1. The lowest BCUT2D eigenvalue weighted by atomic mass is 10.2. The van der Waals surface area contributed by atoms with Gasteiger partial charge in [0.2, 0.25) is 0 Å².